The predicted molar refractivity (Wildman–Crippen MR) is 53.3 cm³/mol. The second kappa shape index (κ2) is 3.11. The number of nitrogens with zero attached hydrogens (tertiary/aromatic N) is 1. The van der Waals surface area contributed by atoms with Gasteiger partial charge in [0.15, 0.2) is 0 Å². The maximum Gasteiger partial charge on any atom is 0.0421 e. The Morgan fingerprint density at radius 1 is 1.54 bits per heavy atom. The van der Waals surface area contributed by atoms with E-state index in [0.717, 1.165) is 30.9 Å². The third-order valence-corrected chi connectivity index (χ3v) is 2.77. The van der Waals surface area contributed by atoms with Crippen LogP contribution < -0.4 is 5.73 Å². The van der Waals surface area contributed by atoms with Gasteiger partial charge in [0.25, 0.3) is 0 Å². The Bertz CT molecular complexity index is 275. The lowest BCUT2D eigenvalue weighted by Gasteiger charge is -2.43. The molecule has 0 amide bonds. The molecule has 2 N–H and O–H groups in total. The molecule has 1 saturated carbocycles. The predicted octanol–water partition coefficient (Wildman–Crippen LogP) is 1.75. The zero-order chi connectivity index (χ0) is 9.31. The smallest absolute Gasteiger partial charge is 0.0421 e. The summed E-state index contributed by atoms with van der Waals surface area (Å²) in [5, 5.41) is 0. The number of hydrogen-bond donors (Lipinski definition) is 1. The molecule has 70 valence electrons. The topological polar surface area (TPSA) is 38.9 Å². The van der Waals surface area contributed by atoms with Crippen molar-refractivity contribution in [1.29, 1.82) is 0 Å². The van der Waals surface area contributed by atoms with E-state index in [1.165, 1.54) is 0 Å². The summed E-state index contributed by atoms with van der Waals surface area (Å²) in [5.74, 6) is 0.800. The van der Waals surface area contributed by atoms with Crippen molar-refractivity contribution in [3.05, 3.63) is 30.1 Å². The first-order chi connectivity index (χ1) is 6.18. The zero-order valence-electron chi connectivity index (χ0n) is 8.03. The van der Waals surface area contributed by atoms with E-state index in [1.54, 1.807) is 0 Å². The third-order valence-electron chi connectivity index (χ3n) is 2.77. The van der Waals surface area contributed by atoms with E-state index in [4.69, 9.17) is 5.73 Å². The van der Waals surface area contributed by atoms with Gasteiger partial charge in [0.2, 0.25) is 0 Å². The van der Waals surface area contributed by atoms with E-state index >= 15 is 0 Å². The van der Waals surface area contributed by atoms with Crippen LogP contribution in [-0.2, 0) is 6.42 Å². The summed E-state index contributed by atoms with van der Waals surface area (Å²) in [5.41, 5.74) is 7.34. The SMILES string of the molecule is CC1CC(N)(Cc2ccccn2)C1. The van der Waals surface area contributed by atoms with Crippen LogP contribution in [0.4, 0.5) is 0 Å². The first-order valence-electron chi connectivity index (χ1n) is 4.87. The van der Waals surface area contributed by atoms with Gasteiger partial charge in [-0.3, -0.25) is 4.98 Å². The van der Waals surface area contributed by atoms with Gasteiger partial charge in [-0.05, 0) is 30.9 Å². The van der Waals surface area contributed by atoms with Gasteiger partial charge in [-0.15, -0.1) is 0 Å². The molecule has 2 heteroatoms. The molecular weight excluding hydrogens is 160 g/mol. The first kappa shape index (κ1) is 8.70. The lowest BCUT2D eigenvalue weighted by molar-refractivity contribution is 0.161. The summed E-state index contributed by atoms with van der Waals surface area (Å²) < 4.78 is 0. The highest BCUT2D eigenvalue weighted by Gasteiger charge is 2.38. The van der Waals surface area contributed by atoms with Gasteiger partial charge in [-0.1, -0.05) is 13.0 Å². The molecule has 0 aliphatic heterocycles. The van der Waals surface area contributed by atoms with Crippen molar-refractivity contribution in [2.24, 2.45) is 11.7 Å². The molecule has 1 aromatic heterocycles. The highest BCUT2D eigenvalue weighted by Crippen LogP contribution is 2.37. The highest BCUT2D eigenvalue weighted by molar-refractivity contribution is 5.11. The fraction of sp³-hybridized carbons (Fsp3) is 0.545. The van der Waals surface area contributed by atoms with Gasteiger partial charge in [0, 0.05) is 23.9 Å². The fourth-order valence-electron chi connectivity index (χ4n) is 2.34. The van der Waals surface area contributed by atoms with Crippen molar-refractivity contribution in [3.8, 4) is 0 Å². The number of rotatable bonds is 2. The molecule has 0 saturated heterocycles. The lowest BCUT2D eigenvalue weighted by atomic mass is 9.67. The van der Waals surface area contributed by atoms with Gasteiger partial charge >= 0.3 is 0 Å². The quantitative estimate of drug-likeness (QED) is 0.745. The van der Waals surface area contributed by atoms with Crippen LogP contribution in [0.1, 0.15) is 25.5 Å². The first-order valence-corrected chi connectivity index (χ1v) is 4.87. The van der Waals surface area contributed by atoms with Crippen molar-refractivity contribution in [1.82, 2.24) is 4.98 Å². The molecule has 13 heavy (non-hydrogen) atoms. The average Bonchev–Trinajstić information content (AvgIpc) is 2.03. The van der Waals surface area contributed by atoms with E-state index in [2.05, 4.69) is 18.0 Å². The van der Waals surface area contributed by atoms with Gasteiger partial charge in [0.05, 0.1) is 0 Å². The molecule has 0 bridgehead atoms. The Kier molecular flexibility index (Phi) is 2.08. The van der Waals surface area contributed by atoms with Crippen molar-refractivity contribution in [3.63, 3.8) is 0 Å². The van der Waals surface area contributed by atoms with Crippen LogP contribution in [0.5, 0.6) is 0 Å². The van der Waals surface area contributed by atoms with Crippen LogP contribution in [0.3, 0.4) is 0 Å². The Balaban J connectivity index is 1.99. The molecule has 2 nitrogen and oxygen atoms in total. The molecule has 1 aliphatic carbocycles. The summed E-state index contributed by atoms with van der Waals surface area (Å²) in [6.45, 7) is 2.25. The average molecular weight is 176 g/mol. The number of aromatic nitrogens is 1. The summed E-state index contributed by atoms with van der Waals surface area (Å²) in [4.78, 5) is 4.29. The second-order valence-electron chi connectivity index (χ2n) is 4.37. The standard InChI is InChI=1S/C11H16N2/c1-9-6-11(12,7-9)8-10-4-2-3-5-13-10/h2-5,9H,6-8,12H2,1H3. The van der Waals surface area contributed by atoms with Crippen LogP contribution in [0.2, 0.25) is 0 Å². The summed E-state index contributed by atoms with van der Waals surface area (Å²) in [6, 6.07) is 6.02. The zero-order valence-corrected chi connectivity index (χ0v) is 8.03. The minimum Gasteiger partial charge on any atom is -0.325 e. The molecule has 2 rings (SSSR count). The molecule has 0 radical (unpaired) electrons. The highest BCUT2D eigenvalue weighted by atomic mass is 14.8. The minimum atomic E-state index is 0.0355. The molecular formula is C11H16N2. The molecule has 0 atom stereocenters. The van der Waals surface area contributed by atoms with E-state index in [-0.39, 0.29) is 5.54 Å². The third kappa shape index (κ3) is 1.89. The largest absolute Gasteiger partial charge is 0.325 e. The maximum absolute atomic E-state index is 6.19. The fourth-order valence-corrected chi connectivity index (χ4v) is 2.34. The van der Waals surface area contributed by atoms with Crippen LogP contribution in [-0.4, -0.2) is 10.5 Å². The molecule has 1 aromatic rings. The van der Waals surface area contributed by atoms with E-state index in [9.17, 15) is 0 Å². The number of nitrogens with two attached hydrogens (primary N) is 1. The monoisotopic (exact) mass is 176 g/mol. The maximum atomic E-state index is 6.19. The molecule has 0 spiro atoms. The Labute approximate surface area is 79.2 Å². The number of hydrogen-bond acceptors (Lipinski definition) is 2. The Hall–Kier alpha value is -0.890. The van der Waals surface area contributed by atoms with E-state index in [0.29, 0.717) is 0 Å². The Morgan fingerprint density at radius 2 is 2.31 bits per heavy atom. The van der Waals surface area contributed by atoms with Crippen molar-refractivity contribution in [2.75, 3.05) is 0 Å². The van der Waals surface area contributed by atoms with Crippen molar-refractivity contribution >= 4 is 0 Å². The van der Waals surface area contributed by atoms with Crippen molar-refractivity contribution in [2.45, 2.75) is 31.7 Å². The number of pyridine rings is 1. The normalized spacial score (nSPS) is 32.6. The second-order valence-corrected chi connectivity index (χ2v) is 4.37. The molecule has 1 aliphatic rings. The molecule has 0 unspecified atom stereocenters. The van der Waals surface area contributed by atoms with Gasteiger partial charge in [-0.2, -0.15) is 0 Å². The van der Waals surface area contributed by atoms with Gasteiger partial charge < -0.3 is 5.73 Å². The van der Waals surface area contributed by atoms with Crippen LogP contribution in [0, 0.1) is 5.92 Å². The van der Waals surface area contributed by atoms with Crippen LogP contribution in [0.15, 0.2) is 24.4 Å². The minimum absolute atomic E-state index is 0.0355. The summed E-state index contributed by atoms with van der Waals surface area (Å²) in [7, 11) is 0. The molecule has 1 heterocycles. The van der Waals surface area contributed by atoms with E-state index in [1.807, 2.05) is 18.3 Å². The van der Waals surface area contributed by atoms with Gasteiger partial charge in [-0.25, -0.2) is 0 Å². The van der Waals surface area contributed by atoms with E-state index < -0.39 is 0 Å². The lowest BCUT2D eigenvalue weighted by Crippen LogP contribution is -2.52. The molecule has 0 aromatic carbocycles. The van der Waals surface area contributed by atoms with Gasteiger partial charge in [0.1, 0.15) is 0 Å². The van der Waals surface area contributed by atoms with Crippen LogP contribution >= 0.6 is 0 Å². The summed E-state index contributed by atoms with van der Waals surface area (Å²) in [6.07, 6.45) is 5.05. The molecule has 1 fully saturated rings. The summed E-state index contributed by atoms with van der Waals surface area (Å²) >= 11 is 0. The Morgan fingerprint density at radius 3 is 2.85 bits per heavy atom. The van der Waals surface area contributed by atoms with Crippen molar-refractivity contribution < 1.29 is 0 Å². The van der Waals surface area contributed by atoms with Crippen LogP contribution in [0.25, 0.3) is 0 Å².